The smallest absolute Gasteiger partial charge is 0.417 e. The first kappa shape index (κ1) is 55.3. The number of nitrogens with one attached hydrogen (secondary N) is 2. The molecule has 72 heavy (non-hydrogen) atoms. The second kappa shape index (κ2) is 24.2. The number of alkyl halides is 3. The number of nitrogens with zero attached hydrogens (tertiary/aromatic N) is 5. The summed E-state index contributed by atoms with van der Waals surface area (Å²) in [5.41, 5.74) is 1.54. The van der Waals surface area contributed by atoms with Gasteiger partial charge in [0, 0.05) is 45.0 Å². The van der Waals surface area contributed by atoms with Crippen LogP contribution in [0, 0.1) is 23.7 Å². The van der Waals surface area contributed by atoms with Crippen LogP contribution < -0.4 is 25.2 Å². The number of aryl methyl sites for hydroxylation is 1. The van der Waals surface area contributed by atoms with E-state index in [0.29, 0.717) is 44.3 Å². The number of thiocarbonyl (C=S) groups is 1. The largest absolute Gasteiger partial charge is 0.494 e. The third-order valence-electron chi connectivity index (χ3n) is 12.4. The fraction of sp³-hybridized carbons (Fsp3) is 0.481. The van der Waals surface area contributed by atoms with Gasteiger partial charge in [0.05, 0.1) is 51.7 Å². The quantitative estimate of drug-likeness (QED) is 0.0508. The van der Waals surface area contributed by atoms with Gasteiger partial charge in [-0.3, -0.25) is 24.1 Å². The molecule has 386 valence electrons. The maximum absolute atomic E-state index is 13.9. The lowest BCUT2D eigenvalue weighted by Gasteiger charge is -2.35. The fourth-order valence-corrected chi connectivity index (χ4v) is 9.82. The van der Waals surface area contributed by atoms with Crippen molar-refractivity contribution < 1.29 is 51.7 Å². The van der Waals surface area contributed by atoms with Gasteiger partial charge in [-0.15, -0.1) is 11.3 Å². The molecule has 0 bridgehead atoms. The Morgan fingerprint density at radius 1 is 0.944 bits per heavy atom. The molecule has 3 heterocycles. The summed E-state index contributed by atoms with van der Waals surface area (Å²) in [6, 6.07) is 17.5. The van der Waals surface area contributed by atoms with E-state index in [2.05, 4.69) is 15.6 Å². The summed E-state index contributed by atoms with van der Waals surface area (Å²) < 4.78 is 58.4. The highest BCUT2D eigenvalue weighted by atomic mass is 32.1. The van der Waals surface area contributed by atoms with E-state index < -0.39 is 64.2 Å². The van der Waals surface area contributed by atoms with Crippen molar-refractivity contribution in [1.82, 2.24) is 20.5 Å². The zero-order valence-corrected chi connectivity index (χ0v) is 43.0. The van der Waals surface area contributed by atoms with Crippen LogP contribution in [0.15, 0.2) is 72.2 Å². The lowest BCUT2D eigenvalue weighted by molar-refractivity contribution is -0.144. The number of β-amino-alcohol motifs (C(OH)–C–C–N with tert-alkyl or cyclic N) is 1. The van der Waals surface area contributed by atoms with Crippen LogP contribution in [0.4, 0.5) is 24.5 Å². The highest BCUT2D eigenvalue weighted by molar-refractivity contribution is 7.81. The molecule has 1 aromatic heterocycles. The van der Waals surface area contributed by atoms with Crippen LogP contribution in [0.5, 0.6) is 5.75 Å². The third kappa shape index (κ3) is 13.7. The molecule has 0 spiro atoms. The zero-order chi connectivity index (χ0) is 52.4. The number of rotatable bonds is 22. The number of unbranched alkanes of at least 4 members (excludes halogenated alkanes) is 3. The number of amides is 4. The molecule has 0 saturated carbocycles. The van der Waals surface area contributed by atoms with Gasteiger partial charge in [-0.05, 0) is 124 Å². The Labute approximate surface area is 427 Å². The minimum atomic E-state index is -4.80. The zero-order valence-electron chi connectivity index (χ0n) is 41.3. The van der Waals surface area contributed by atoms with Crippen LogP contribution in [0.25, 0.3) is 10.4 Å². The molecular weight excluding hydrogens is 972 g/mol. The maximum Gasteiger partial charge on any atom is 0.417 e. The van der Waals surface area contributed by atoms with E-state index in [0.717, 1.165) is 64.4 Å². The summed E-state index contributed by atoms with van der Waals surface area (Å²) >= 11 is 7.19. The first-order valence-corrected chi connectivity index (χ1v) is 25.1. The van der Waals surface area contributed by atoms with Crippen LogP contribution in [-0.2, 0) is 41.4 Å². The number of halogens is 3. The number of anilines is 2. The predicted molar refractivity (Wildman–Crippen MR) is 271 cm³/mol. The fourth-order valence-electron chi connectivity index (χ4n) is 8.48. The number of carbonyl (C=O) groups is 4. The number of hydrogen-bond donors (Lipinski definition) is 3. The summed E-state index contributed by atoms with van der Waals surface area (Å²) in [6.07, 6.45) is -1.73. The average molecular weight is 1030 g/mol. The van der Waals surface area contributed by atoms with E-state index in [1.165, 1.54) is 11.0 Å². The number of nitriles is 1. The van der Waals surface area contributed by atoms with Crippen molar-refractivity contribution in [2.75, 3.05) is 49.4 Å². The lowest BCUT2D eigenvalue weighted by atomic mass is 9.85. The van der Waals surface area contributed by atoms with Gasteiger partial charge in [-0.2, -0.15) is 18.4 Å². The molecule has 3 aromatic carbocycles. The number of benzene rings is 3. The lowest BCUT2D eigenvalue weighted by Crippen LogP contribution is -2.58. The van der Waals surface area contributed by atoms with Gasteiger partial charge in [-0.1, -0.05) is 45.0 Å². The van der Waals surface area contributed by atoms with Crippen molar-refractivity contribution in [2.45, 2.75) is 117 Å². The predicted octanol–water partition coefficient (Wildman–Crippen LogP) is 8.10. The van der Waals surface area contributed by atoms with Crippen molar-refractivity contribution in [3.63, 3.8) is 0 Å². The summed E-state index contributed by atoms with van der Waals surface area (Å²) in [5.74, 6) is -1.20. The van der Waals surface area contributed by atoms with Crippen molar-refractivity contribution in [2.24, 2.45) is 5.41 Å². The highest BCUT2D eigenvalue weighted by Gasteiger charge is 2.51. The first-order chi connectivity index (χ1) is 34.1. The average Bonchev–Trinajstić information content (AvgIpc) is 4.00. The topological polar surface area (TPSA) is 187 Å². The molecule has 2 aliphatic rings. The van der Waals surface area contributed by atoms with Gasteiger partial charge < -0.3 is 39.8 Å². The minimum Gasteiger partial charge on any atom is -0.494 e. The van der Waals surface area contributed by atoms with Gasteiger partial charge in [0.1, 0.15) is 30.0 Å². The molecule has 2 aliphatic heterocycles. The molecule has 3 atom stereocenters. The van der Waals surface area contributed by atoms with Crippen LogP contribution in [0.1, 0.15) is 95.5 Å². The summed E-state index contributed by atoms with van der Waals surface area (Å²) in [7, 11) is 0. The van der Waals surface area contributed by atoms with Crippen molar-refractivity contribution in [3.05, 3.63) is 94.6 Å². The minimum absolute atomic E-state index is 0.00535. The Bertz CT molecular complexity index is 2600. The molecule has 0 radical (unpaired) electrons. The maximum atomic E-state index is 13.9. The van der Waals surface area contributed by atoms with Crippen LogP contribution in [0.2, 0.25) is 0 Å². The second-order valence-corrected chi connectivity index (χ2v) is 20.6. The first-order valence-electron chi connectivity index (χ1n) is 23.8. The summed E-state index contributed by atoms with van der Waals surface area (Å²) in [6.45, 7) is 12.6. The van der Waals surface area contributed by atoms with Crippen LogP contribution in [-0.4, -0.2) is 107 Å². The SMILES string of the molecule is Cc1ncsc1-c1ccc(CNC(=O)[C@@H]2C[C@@H](O)CN2C(=O)C(NC(=O)COCCCCOCCCCCOc2ccc(N3C(=S)N(c4ccc(C#N)c(C(F)(F)F)c4)C(=O)C3(C)C)cc2)C(C)(C)C)cc1. The van der Waals surface area contributed by atoms with Crippen LogP contribution in [0.3, 0.4) is 0 Å². The third-order valence-corrected chi connectivity index (χ3v) is 13.8. The molecule has 15 nitrogen and oxygen atoms in total. The number of thiazole rings is 1. The van der Waals surface area contributed by atoms with Crippen molar-refractivity contribution >= 4 is 63.7 Å². The van der Waals surface area contributed by atoms with Gasteiger partial charge in [-0.25, -0.2) is 4.98 Å². The molecule has 1 unspecified atom stereocenters. The monoisotopic (exact) mass is 1030 g/mol. The molecule has 2 fully saturated rings. The summed E-state index contributed by atoms with van der Waals surface area (Å²) in [4.78, 5) is 63.3. The number of aliphatic hydroxyl groups excluding tert-OH is 1. The molecule has 20 heteroatoms. The molecule has 6 rings (SSSR count). The Hall–Kier alpha value is -5.98. The number of aliphatic hydroxyl groups is 1. The summed E-state index contributed by atoms with van der Waals surface area (Å²) in [5, 5.41) is 25.5. The van der Waals surface area contributed by atoms with Gasteiger partial charge in [0.15, 0.2) is 5.11 Å². The van der Waals surface area contributed by atoms with Crippen molar-refractivity contribution in [1.29, 1.82) is 5.26 Å². The van der Waals surface area contributed by atoms with E-state index >= 15 is 0 Å². The number of aromatic nitrogens is 1. The normalized spacial score (nSPS) is 17.3. The molecule has 0 aliphatic carbocycles. The van der Waals surface area contributed by atoms with E-state index in [9.17, 15) is 42.7 Å². The van der Waals surface area contributed by atoms with Gasteiger partial charge >= 0.3 is 6.18 Å². The van der Waals surface area contributed by atoms with Gasteiger partial charge in [0.25, 0.3) is 5.91 Å². The standard InChI is InChI=1S/C52H62F3N7O8S2/c1-33-44(72-32-58-33)35-14-12-34(13-15-35)29-57-46(65)42-27-39(63)30-60(42)47(66)45(50(2,3)4)59-43(64)31-69-24-11-10-23-68-22-8-7-9-25-70-40-20-18-37(19-21-40)62-49(71)61(48(67)51(62,5)6)38-17-16-36(28-56)41(26-38)52(53,54)55/h12-21,26,32,39,42,45,63H,7-11,22-25,27,29-31H2,1-6H3,(H,57,65)(H,59,64)/t39-,42+,45?/m1/s1. The van der Waals surface area contributed by atoms with E-state index in [1.807, 2.05) is 52.0 Å². The number of ether oxygens (including phenoxy) is 3. The Morgan fingerprint density at radius 2 is 1.58 bits per heavy atom. The van der Waals surface area contributed by atoms with Crippen molar-refractivity contribution in [3.8, 4) is 22.3 Å². The second-order valence-electron chi connectivity index (χ2n) is 19.4. The molecule has 2 saturated heterocycles. The van der Waals surface area contributed by atoms with E-state index in [-0.39, 0.29) is 42.8 Å². The Kier molecular flexibility index (Phi) is 18.6. The molecular formula is C52H62F3N7O8S2. The number of likely N-dealkylation sites (tertiary alicyclic amines) is 1. The Balaban J connectivity index is 0.836. The highest BCUT2D eigenvalue weighted by Crippen LogP contribution is 2.40. The van der Waals surface area contributed by atoms with Crippen LogP contribution >= 0.6 is 23.6 Å². The van der Waals surface area contributed by atoms with Gasteiger partial charge in [0.2, 0.25) is 17.7 Å². The molecule has 3 N–H and O–H groups in total. The Morgan fingerprint density at radius 3 is 2.21 bits per heavy atom. The number of hydrogen-bond acceptors (Lipinski definition) is 12. The van der Waals surface area contributed by atoms with E-state index in [1.54, 1.807) is 65.9 Å². The van der Waals surface area contributed by atoms with E-state index in [4.69, 9.17) is 26.4 Å². The molecule has 4 amide bonds. The number of carbonyl (C=O) groups excluding carboxylic acids is 4. The molecule has 4 aromatic rings.